The molecule has 0 radical (unpaired) electrons. The highest BCUT2D eigenvalue weighted by Crippen LogP contribution is 2.13. The van der Waals surface area contributed by atoms with Crippen LogP contribution in [0, 0.1) is 0 Å². The second-order valence-electron chi connectivity index (χ2n) is 5.19. The highest BCUT2D eigenvalue weighted by Gasteiger charge is 2.24. The van der Waals surface area contributed by atoms with Crippen molar-refractivity contribution in [3.63, 3.8) is 0 Å². The topological polar surface area (TPSA) is 104 Å². The predicted molar refractivity (Wildman–Crippen MR) is 89.0 cm³/mol. The highest BCUT2D eigenvalue weighted by molar-refractivity contribution is 6.07. The fourth-order valence-electron chi connectivity index (χ4n) is 2.28. The molecule has 24 heavy (non-hydrogen) atoms. The smallest absolute Gasteiger partial charge is 0.359 e. The largest absolute Gasteiger partial charge is 0.461 e. The normalized spacial score (nSPS) is 10.4. The number of hydrogen-bond donors (Lipinski definition) is 1. The summed E-state index contributed by atoms with van der Waals surface area (Å²) < 4.78 is 6.23. The van der Waals surface area contributed by atoms with Gasteiger partial charge in [-0.15, -0.1) is 0 Å². The van der Waals surface area contributed by atoms with E-state index in [9.17, 15) is 14.4 Å². The van der Waals surface area contributed by atoms with Crippen molar-refractivity contribution in [2.24, 2.45) is 0 Å². The molecule has 2 aromatic rings. The van der Waals surface area contributed by atoms with E-state index in [4.69, 9.17) is 10.5 Å². The van der Waals surface area contributed by atoms with E-state index in [1.165, 1.54) is 6.92 Å². The van der Waals surface area contributed by atoms with Crippen LogP contribution in [0.15, 0.2) is 35.1 Å². The number of benzene rings is 1. The number of carbonyl (C=O) groups is 2. The Morgan fingerprint density at radius 2 is 1.92 bits per heavy atom. The second-order valence-corrected chi connectivity index (χ2v) is 5.19. The van der Waals surface area contributed by atoms with Crippen LogP contribution in [0.1, 0.15) is 40.3 Å². The fourth-order valence-corrected chi connectivity index (χ4v) is 2.28. The molecule has 0 aliphatic heterocycles. The Hall–Kier alpha value is -2.96. The average Bonchev–Trinajstić information content (AvgIpc) is 2.57. The molecule has 0 aliphatic rings. The number of nitrogens with zero attached hydrogens (tertiary/aromatic N) is 2. The van der Waals surface area contributed by atoms with Crippen molar-refractivity contribution < 1.29 is 14.3 Å². The maximum absolute atomic E-state index is 12.3. The van der Waals surface area contributed by atoms with Crippen LogP contribution in [0.5, 0.6) is 0 Å². The SMILES string of the molecule is CCn1nc(C(=O)OCCc2ccccc2)c(C(C)=O)c(N)c1=O. The van der Waals surface area contributed by atoms with E-state index in [0.717, 1.165) is 10.2 Å². The van der Waals surface area contributed by atoms with E-state index in [2.05, 4.69) is 5.10 Å². The van der Waals surface area contributed by atoms with Gasteiger partial charge in [-0.05, 0) is 19.4 Å². The van der Waals surface area contributed by atoms with Gasteiger partial charge >= 0.3 is 5.97 Å². The molecule has 0 atom stereocenters. The summed E-state index contributed by atoms with van der Waals surface area (Å²) in [6, 6.07) is 9.52. The molecule has 0 aliphatic carbocycles. The molecular formula is C17H19N3O4. The molecule has 1 heterocycles. The molecule has 0 bridgehead atoms. The van der Waals surface area contributed by atoms with Crippen LogP contribution in [0.2, 0.25) is 0 Å². The van der Waals surface area contributed by atoms with Crippen molar-refractivity contribution in [2.45, 2.75) is 26.8 Å². The van der Waals surface area contributed by atoms with E-state index in [0.29, 0.717) is 6.42 Å². The quantitative estimate of drug-likeness (QED) is 0.635. The van der Waals surface area contributed by atoms with Crippen molar-refractivity contribution in [1.82, 2.24) is 9.78 Å². The molecule has 2 N–H and O–H groups in total. The van der Waals surface area contributed by atoms with Crippen LogP contribution in [0.3, 0.4) is 0 Å². The number of esters is 1. The van der Waals surface area contributed by atoms with E-state index >= 15 is 0 Å². The Morgan fingerprint density at radius 1 is 1.25 bits per heavy atom. The van der Waals surface area contributed by atoms with Crippen molar-refractivity contribution in [1.29, 1.82) is 0 Å². The van der Waals surface area contributed by atoms with E-state index < -0.39 is 17.3 Å². The number of nitrogen functional groups attached to an aromatic ring is 1. The van der Waals surface area contributed by atoms with Gasteiger partial charge < -0.3 is 10.5 Å². The molecule has 1 aromatic carbocycles. The number of aryl methyl sites for hydroxylation is 1. The third kappa shape index (κ3) is 3.68. The minimum atomic E-state index is -0.773. The molecule has 2 rings (SSSR count). The summed E-state index contributed by atoms with van der Waals surface area (Å²) in [6.45, 7) is 3.27. The summed E-state index contributed by atoms with van der Waals surface area (Å²) in [4.78, 5) is 36.0. The van der Waals surface area contributed by atoms with E-state index in [-0.39, 0.29) is 30.1 Å². The maximum atomic E-state index is 12.3. The van der Waals surface area contributed by atoms with Crippen LogP contribution in [0.4, 0.5) is 5.69 Å². The van der Waals surface area contributed by atoms with Gasteiger partial charge in [-0.2, -0.15) is 5.10 Å². The zero-order chi connectivity index (χ0) is 17.7. The summed E-state index contributed by atoms with van der Waals surface area (Å²) in [5, 5.41) is 3.93. The third-order valence-corrected chi connectivity index (χ3v) is 3.50. The number of hydrogen-bond acceptors (Lipinski definition) is 6. The molecule has 0 saturated heterocycles. The van der Waals surface area contributed by atoms with Gasteiger partial charge in [-0.25, -0.2) is 9.48 Å². The molecule has 0 spiro atoms. The van der Waals surface area contributed by atoms with Gasteiger partial charge in [0.15, 0.2) is 11.5 Å². The maximum Gasteiger partial charge on any atom is 0.359 e. The molecule has 0 unspecified atom stereocenters. The van der Waals surface area contributed by atoms with E-state index in [1.54, 1.807) is 6.92 Å². The van der Waals surface area contributed by atoms with Gasteiger partial charge in [-0.3, -0.25) is 9.59 Å². The number of Topliss-reactive ketones (excluding diaryl/α,β-unsaturated/α-hetero) is 1. The molecular weight excluding hydrogens is 310 g/mol. The molecule has 0 amide bonds. The number of nitrogens with two attached hydrogens (primary N) is 1. The second kappa shape index (κ2) is 7.54. The molecule has 7 heteroatoms. The van der Waals surface area contributed by atoms with Gasteiger partial charge in [-0.1, -0.05) is 30.3 Å². The first-order valence-electron chi connectivity index (χ1n) is 7.58. The van der Waals surface area contributed by atoms with Crippen molar-refractivity contribution in [3.8, 4) is 0 Å². The van der Waals surface area contributed by atoms with Crippen LogP contribution in [0.25, 0.3) is 0 Å². The zero-order valence-electron chi connectivity index (χ0n) is 13.6. The number of ether oxygens (including phenoxy) is 1. The van der Waals surface area contributed by atoms with Crippen LogP contribution < -0.4 is 11.3 Å². The average molecular weight is 329 g/mol. The van der Waals surface area contributed by atoms with E-state index in [1.807, 2.05) is 30.3 Å². The fraction of sp³-hybridized carbons (Fsp3) is 0.294. The minimum absolute atomic E-state index is 0.132. The number of carbonyl (C=O) groups excluding carboxylic acids is 2. The lowest BCUT2D eigenvalue weighted by molar-refractivity contribution is 0.0496. The van der Waals surface area contributed by atoms with Crippen molar-refractivity contribution in [3.05, 3.63) is 57.5 Å². The Kier molecular flexibility index (Phi) is 5.47. The Bertz CT molecular complexity index is 813. The summed E-state index contributed by atoms with van der Waals surface area (Å²) >= 11 is 0. The Labute approximate surface area is 139 Å². The summed E-state index contributed by atoms with van der Waals surface area (Å²) in [5.74, 6) is -1.28. The van der Waals surface area contributed by atoms with Crippen LogP contribution in [-0.4, -0.2) is 28.1 Å². The number of ketones is 1. The molecule has 1 aromatic heterocycles. The van der Waals surface area contributed by atoms with Gasteiger partial charge in [0.1, 0.15) is 5.69 Å². The first-order valence-corrected chi connectivity index (χ1v) is 7.58. The first kappa shape index (κ1) is 17.4. The van der Waals surface area contributed by atoms with Crippen molar-refractivity contribution in [2.75, 3.05) is 12.3 Å². The summed E-state index contributed by atoms with van der Waals surface area (Å²) in [5.41, 5.74) is 5.44. The van der Waals surface area contributed by atoms with Crippen molar-refractivity contribution >= 4 is 17.4 Å². The predicted octanol–water partition coefficient (Wildman–Crippen LogP) is 1.45. The number of anilines is 1. The van der Waals surface area contributed by atoms with Gasteiger partial charge in [0.2, 0.25) is 0 Å². The molecule has 0 saturated carbocycles. The Balaban J connectivity index is 2.23. The van der Waals surface area contributed by atoms with Gasteiger partial charge in [0, 0.05) is 13.0 Å². The molecule has 0 fully saturated rings. The van der Waals surface area contributed by atoms with Gasteiger partial charge in [0.25, 0.3) is 5.56 Å². The number of aromatic nitrogens is 2. The third-order valence-electron chi connectivity index (χ3n) is 3.50. The molecule has 126 valence electrons. The lowest BCUT2D eigenvalue weighted by Gasteiger charge is -2.11. The Morgan fingerprint density at radius 3 is 2.50 bits per heavy atom. The van der Waals surface area contributed by atoms with Crippen LogP contribution in [-0.2, 0) is 17.7 Å². The molecule has 7 nitrogen and oxygen atoms in total. The summed E-state index contributed by atoms with van der Waals surface area (Å²) in [7, 11) is 0. The monoisotopic (exact) mass is 329 g/mol. The lowest BCUT2D eigenvalue weighted by atomic mass is 10.1. The zero-order valence-corrected chi connectivity index (χ0v) is 13.6. The summed E-state index contributed by atoms with van der Waals surface area (Å²) in [6.07, 6.45) is 0.533. The number of rotatable bonds is 6. The minimum Gasteiger partial charge on any atom is -0.461 e. The van der Waals surface area contributed by atoms with Gasteiger partial charge in [0.05, 0.1) is 12.2 Å². The first-order chi connectivity index (χ1) is 11.5. The van der Waals surface area contributed by atoms with Crippen LogP contribution >= 0.6 is 0 Å². The lowest BCUT2D eigenvalue weighted by Crippen LogP contribution is -2.31. The highest BCUT2D eigenvalue weighted by atomic mass is 16.5. The standard InChI is InChI=1S/C17H19N3O4/c1-3-20-16(22)14(18)13(11(2)21)15(19-20)17(23)24-10-9-12-7-5-4-6-8-12/h4-8H,3,9-10,18H2,1-2H3.